The van der Waals surface area contributed by atoms with Crippen LogP contribution in [0.1, 0.15) is 45.4 Å². The Kier molecular flexibility index (Phi) is 7.34. The molecule has 15 heavy (non-hydrogen) atoms. The van der Waals surface area contributed by atoms with Gasteiger partial charge in [-0.15, -0.1) is 0 Å². The zero-order valence-corrected chi connectivity index (χ0v) is 9.54. The Balaban J connectivity index is 0.000000583. The van der Waals surface area contributed by atoms with Crippen molar-refractivity contribution in [2.24, 2.45) is 11.1 Å². The lowest BCUT2D eigenvalue weighted by Gasteiger charge is -2.34. The Morgan fingerprint density at radius 2 is 1.80 bits per heavy atom. The van der Waals surface area contributed by atoms with E-state index in [4.69, 9.17) is 15.9 Å². The van der Waals surface area contributed by atoms with Crippen LogP contribution in [0.4, 0.5) is 0 Å². The summed E-state index contributed by atoms with van der Waals surface area (Å²) in [7, 11) is 0. The first-order valence-corrected chi connectivity index (χ1v) is 5.63. The van der Waals surface area contributed by atoms with Crippen molar-refractivity contribution in [1.29, 1.82) is 0 Å². The fourth-order valence-electron chi connectivity index (χ4n) is 2.08. The molecule has 90 valence electrons. The number of carboxylic acid groups (broad SMARTS) is 1. The summed E-state index contributed by atoms with van der Waals surface area (Å²) in [5.74, 6) is -0.706. The molecule has 0 aromatic carbocycles. The van der Waals surface area contributed by atoms with E-state index in [9.17, 15) is 4.79 Å². The van der Waals surface area contributed by atoms with Crippen molar-refractivity contribution < 1.29 is 15.0 Å². The summed E-state index contributed by atoms with van der Waals surface area (Å²) in [5.41, 5.74) is 5.54. The SMILES string of the molecule is CCO.NCC1(CC(=O)O)CCCCC1. The second kappa shape index (κ2) is 7.65. The number of nitrogens with two attached hydrogens (primary N) is 1. The molecule has 0 saturated heterocycles. The van der Waals surface area contributed by atoms with Crippen molar-refractivity contribution in [1.82, 2.24) is 0 Å². The van der Waals surface area contributed by atoms with Crippen LogP contribution in [-0.4, -0.2) is 29.3 Å². The van der Waals surface area contributed by atoms with Crippen molar-refractivity contribution in [2.45, 2.75) is 45.4 Å². The van der Waals surface area contributed by atoms with Crippen LogP contribution in [0.5, 0.6) is 0 Å². The highest BCUT2D eigenvalue weighted by Crippen LogP contribution is 2.38. The van der Waals surface area contributed by atoms with E-state index < -0.39 is 5.97 Å². The number of carboxylic acids is 1. The number of carbonyl (C=O) groups is 1. The normalized spacial score (nSPS) is 18.9. The molecule has 0 amide bonds. The molecule has 0 atom stereocenters. The van der Waals surface area contributed by atoms with E-state index in [2.05, 4.69) is 0 Å². The van der Waals surface area contributed by atoms with Gasteiger partial charge in [0.2, 0.25) is 0 Å². The highest BCUT2D eigenvalue weighted by atomic mass is 16.4. The minimum atomic E-state index is -0.706. The first-order chi connectivity index (χ1) is 7.10. The first kappa shape index (κ1) is 14.4. The molecule has 0 aromatic heterocycles. The van der Waals surface area contributed by atoms with Gasteiger partial charge in [0.15, 0.2) is 0 Å². The fraction of sp³-hybridized carbons (Fsp3) is 0.909. The molecule has 0 heterocycles. The van der Waals surface area contributed by atoms with Gasteiger partial charge in [-0.1, -0.05) is 19.3 Å². The van der Waals surface area contributed by atoms with E-state index in [0.29, 0.717) is 6.54 Å². The van der Waals surface area contributed by atoms with Gasteiger partial charge in [-0.05, 0) is 31.7 Å². The van der Waals surface area contributed by atoms with Crippen LogP contribution in [0.2, 0.25) is 0 Å². The van der Waals surface area contributed by atoms with Crippen LogP contribution >= 0.6 is 0 Å². The van der Waals surface area contributed by atoms with Gasteiger partial charge in [-0.3, -0.25) is 4.79 Å². The van der Waals surface area contributed by atoms with Gasteiger partial charge >= 0.3 is 5.97 Å². The summed E-state index contributed by atoms with van der Waals surface area (Å²) in [6.07, 6.45) is 5.77. The maximum Gasteiger partial charge on any atom is 0.303 e. The van der Waals surface area contributed by atoms with Crippen LogP contribution in [0.3, 0.4) is 0 Å². The van der Waals surface area contributed by atoms with Gasteiger partial charge in [0, 0.05) is 6.61 Å². The molecule has 1 aliphatic carbocycles. The van der Waals surface area contributed by atoms with Gasteiger partial charge in [0.1, 0.15) is 0 Å². The highest BCUT2D eigenvalue weighted by Gasteiger charge is 2.32. The average molecular weight is 217 g/mol. The van der Waals surface area contributed by atoms with Crippen LogP contribution in [0.15, 0.2) is 0 Å². The Hall–Kier alpha value is -0.610. The van der Waals surface area contributed by atoms with Gasteiger partial charge in [-0.2, -0.15) is 0 Å². The summed E-state index contributed by atoms with van der Waals surface area (Å²) in [4.78, 5) is 10.6. The summed E-state index contributed by atoms with van der Waals surface area (Å²) < 4.78 is 0. The first-order valence-electron chi connectivity index (χ1n) is 5.63. The lowest BCUT2D eigenvalue weighted by Crippen LogP contribution is -2.34. The Bertz CT molecular complexity index is 177. The molecule has 4 nitrogen and oxygen atoms in total. The maximum absolute atomic E-state index is 10.6. The van der Waals surface area contributed by atoms with E-state index in [1.807, 2.05) is 0 Å². The molecule has 0 aromatic rings. The zero-order chi connectivity index (χ0) is 11.7. The van der Waals surface area contributed by atoms with Gasteiger partial charge in [0.25, 0.3) is 0 Å². The molecule has 4 N–H and O–H groups in total. The number of hydrogen-bond acceptors (Lipinski definition) is 3. The van der Waals surface area contributed by atoms with Crippen LogP contribution in [0.25, 0.3) is 0 Å². The summed E-state index contributed by atoms with van der Waals surface area (Å²) >= 11 is 0. The zero-order valence-electron chi connectivity index (χ0n) is 9.54. The van der Waals surface area contributed by atoms with Crippen molar-refractivity contribution in [3.63, 3.8) is 0 Å². The third-order valence-corrected chi connectivity index (χ3v) is 2.87. The molecule has 1 fully saturated rings. The van der Waals surface area contributed by atoms with Crippen molar-refractivity contribution in [3.8, 4) is 0 Å². The highest BCUT2D eigenvalue weighted by molar-refractivity contribution is 5.67. The standard InChI is InChI=1S/C9H17NO2.C2H6O/c10-7-9(6-8(11)12)4-2-1-3-5-9;1-2-3/h1-7,10H2,(H,11,12);3H,2H2,1H3. The van der Waals surface area contributed by atoms with Crippen molar-refractivity contribution in [2.75, 3.05) is 13.2 Å². The Morgan fingerprint density at radius 1 is 1.33 bits per heavy atom. The molecule has 0 spiro atoms. The second-order valence-corrected chi connectivity index (χ2v) is 4.15. The third-order valence-electron chi connectivity index (χ3n) is 2.87. The molecule has 0 bridgehead atoms. The Labute approximate surface area is 91.5 Å². The van der Waals surface area contributed by atoms with E-state index in [1.54, 1.807) is 6.92 Å². The minimum Gasteiger partial charge on any atom is -0.481 e. The summed E-state index contributed by atoms with van der Waals surface area (Å²) in [6, 6.07) is 0. The maximum atomic E-state index is 10.6. The number of rotatable bonds is 3. The molecule has 4 heteroatoms. The smallest absolute Gasteiger partial charge is 0.303 e. The summed E-state index contributed by atoms with van der Waals surface area (Å²) in [6.45, 7) is 2.46. The average Bonchev–Trinajstić information content (AvgIpc) is 2.19. The largest absolute Gasteiger partial charge is 0.481 e. The van der Waals surface area contributed by atoms with Gasteiger partial charge < -0.3 is 15.9 Å². The van der Waals surface area contributed by atoms with Crippen LogP contribution < -0.4 is 5.73 Å². The van der Waals surface area contributed by atoms with E-state index in [-0.39, 0.29) is 18.4 Å². The number of aliphatic carboxylic acids is 1. The number of aliphatic hydroxyl groups is 1. The topological polar surface area (TPSA) is 83.5 Å². The fourth-order valence-corrected chi connectivity index (χ4v) is 2.08. The molecule has 1 rings (SSSR count). The lowest BCUT2D eigenvalue weighted by molar-refractivity contribution is -0.140. The molecule has 0 radical (unpaired) electrons. The lowest BCUT2D eigenvalue weighted by atomic mass is 9.72. The van der Waals surface area contributed by atoms with Crippen LogP contribution in [0, 0.1) is 5.41 Å². The monoisotopic (exact) mass is 217 g/mol. The molecular weight excluding hydrogens is 194 g/mol. The predicted molar refractivity (Wildman–Crippen MR) is 59.6 cm³/mol. The van der Waals surface area contributed by atoms with E-state index in [0.717, 1.165) is 25.7 Å². The number of hydrogen-bond donors (Lipinski definition) is 3. The Morgan fingerprint density at radius 3 is 2.13 bits per heavy atom. The van der Waals surface area contributed by atoms with Gasteiger partial charge in [0.05, 0.1) is 6.42 Å². The van der Waals surface area contributed by atoms with Crippen molar-refractivity contribution in [3.05, 3.63) is 0 Å². The third kappa shape index (κ3) is 5.74. The molecule has 1 aliphatic rings. The minimum absolute atomic E-state index is 0.0793. The van der Waals surface area contributed by atoms with Crippen molar-refractivity contribution >= 4 is 5.97 Å². The molecule has 1 saturated carbocycles. The molecular formula is C11H23NO3. The van der Waals surface area contributed by atoms with E-state index in [1.165, 1.54) is 6.42 Å². The van der Waals surface area contributed by atoms with E-state index >= 15 is 0 Å². The number of aliphatic hydroxyl groups excluding tert-OH is 1. The van der Waals surface area contributed by atoms with Crippen LogP contribution in [-0.2, 0) is 4.79 Å². The van der Waals surface area contributed by atoms with Gasteiger partial charge in [-0.25, -0.2) is 0 Å². The molecule has 0 aliphatic heterocycles. The predicted octanol–water partition coefficient (Wildman–Crippen LogP) is 1.37. The second-order valence-electron chi connectivity index (χ2n) is 4.15. The summed E-state index contributed by atoms with van der Waals surface area (Å²) in [5, 5.41) is 16.3. The molecule has 0 unspecified atom stereocenters. The quantitative estimate of drug-likeness (QED) is 0.666.